The summed E-state index contributed by atoms with van der Waals surface area (Å²) in [6.45, 7) is 3.60. The first-order valence-corrected chi connectivity index (χ1v) is 10.4. The summed E-state index contributed by atoms with van der Waals surface area (Å²) >= 11 is 9.78. The van der Waals surface area contributed by atoms with Gasteiger partial charge in [0.1, 0.15) is 5.75 Å². The van der Waals surface area contributed by atoms with Gasteiger partial charge in [0.2, 0.25) is 0 Å². The van der Waals surface area contributed by atoms with Gasteiger partial charge in [-0.15, -0.1) is 0 Å². The number of nitrogens with zero attached hydrogens (tertiary/aromatic N) is 3. The number of pyridine rings is 1. The first-order chi connectivity index (χ1) is 13.6. The first-order valence-electron chi connectivity index (χ1n) is 9.25. The predicted molar refractivity (Wildman–Crippen MR) is 117 cm³/mol. The fraction of sp³-hybridized carbons (Fsp3) is 0.227. The second-order valence-electron chi connectivity index (χ2n) is 6.89. The molecular weight excluding hydrogens is 438 g/mol. The van der Waals surface area contributed by atoms with Crippen molar-refractivity contribution >= 4 is 33.2 Å². The fourth-order valence-electron chi connectivity index (χ4n) is 3.77. The highest BCUT2D eigenvalue weighted by molar-refractivity contribution is 9.10. The number of hydrogen-bond donors (Lipinski definition) is 1. The lowest BCUT2D eigenvalue weighted by Crippen LogP contribution is -2.48. The summed E-state index contributed by atoms with van der Waals surface area (Å²) in [5.74, 6) is 0.272. The van der Waals surface area contributed by atoms with Gasteiger partial charge in [0.15, 0.2) is 0 Å². The molecule has 28 heavy (non-hydrogen) atoms. The number of piperazine rings is 1. The van der Waals surface area contributed by atoms with Crippen LogP contribution in [0.5, 0.6) is 5.75 Å². The second-order valence-corrected chi connectivity index (χ2v) is 8.24. The standard InChI is InChI=1S/C22H21BrClN3O/c23-17-3-1-16(2-4-17)22(20-15-18(24)5-6-21(20)28)27-13-11-26(12-14-27)19-7-9-25-10-8-19/h1-10,15,22,28H,11-14H2. The number of phenolic OH excluding ortho intramolecular Hbond substituents is 1. The van der Waals surface area contributed by atoms with Crippen molar-refractivity contribution in [2.45, 2.75) is 6.04 Å². The highest BCUT2D eigenvalue weighted by atomic mass is 79.9. The Hall–Kier alpha value is -2.08. The molecule has 0 amide bonds. The van der Waals surface area contributed by atoms with Crippen molar-refractivity contribution < 1.29 is 5.11 Å². The molecule has 0 aliphatic carbocycles. The largest absolute Gasteiger partial charge is 0.508 e. The third kappa shape index (κ3) is 4.17. The smallest absolute Gasteiger partial charge is 0.120 e. The molecule has 2 heterocycles. The third-order valence-corrected chi connectivity index (χ3v) is 5.94. The van der Waals surface area contributed by atoms with E-state index < -0.39 is 0 Å². The molecule has 0 bridgehead atoms. The molecule has 1 saturated heterocycles. The number of benzene rings is 2. The lowest BCUT2D eigenvalue weighted by atomic mass is 9.95. The van der Waals surface area contributed by atoms with Crippen LogP contribution >= 0.6 is 27.5 Å². The molecule has 144 valence electrons. The first kappa shape index (κ1) is 19.2. The van der Waals surface area contributed by atoms with Crippen LogP contribution in [0.15, 0.2) is 71.5 Å². The topological polar surface area (TPSA) is 39.6 Å². The third-order valence-electron chi connectivity index (χ3n) is 5.18. The van der Waals surface area contributed by atoms with E-state index in [1.807, 2.05) is 42.7 Å². The van der Waals surface area contributed by atoms with Crippen LogP contribution in [-0.4, -0.2) is 41.2 Å². The maximum absolute atomic E-state index is 10.6. The van der Waals surface area contributed by atoms with E-state index in [1.54, 1.807) is 12.1 Å². The molecule has 6 heteroatoms. The van der Waals surface area contributed by atoms with Crippen LogP contribution in [0.1, 0.15) is 17.2 Å². The normalized spacial score (nSPS) is 16.1. The number of rotatable bonds is 4. The summed E-state index contributed by atoms with van der Waals surface area (Å²) in [4.78, 5) is 8.89. The van der Waals surface area contributed by atoms with E-state index in [2.05, 4.69) is 42.8 Å². The number of halogens is 2. The average molecular weight is 459 g/mol. The fourth-order valence-corrected chi connectivity index (χ4v) is 4.21. The second kappa shape index (κ2) is 8.52. The summed E-state index contributed by atoms with van der Waals surface area (Å²) in [5, 5.41) is 11.2. The number of aromatic hydroxyl groups is 1. The number of aromatic nitrogens is 1. The zero-order valence-electron chi connectivity index (χ0n) is 15.3. The van der Waals surface area contributed by atoms with Crippen molar-refractivity contribution in [2.24, 2.45) is 0 Å². The lowest BCUT2D eigenvalue weighted by molar-refractivity contribution is 0.209. The molecule has 4 rings (SSSR count). The Bertz CT molecular complexity index is 928. The minimum atomic E-state index is -0.0496. The summed E-state index contributed by atoms with van der Waals surface area (Å²) in [5.41, 5.74) is 3.17. The van der Waals surface area contributed by atoms with Gasteiger partial charge < -0.3 is 10.0 Å². The van der Waals surface area contributed by atoms with E-state index in [-0.39, 0.29) is 11.8 Å². The van der Waals surface area contributed by atoms with Crippen molar-refractivity contribution in [3.63, 3.8) is 0 Å². The molecule has 0 spiro atoms. The highest BCUT2D eigenvalue weighted by Gasteiger charge is 2.28. The number of anilines is 1. The molecule has 0 saturated carbocycles. The van der Waals surface area contributed by atoms with Crippen molar-refractivity contribution in [3.05, 3.63) is 87.6 Å². The molecule has 1 fully saturated rings. The van der Waals surface area contributed by atoms with Crippen LogP contribution in [-0.2, 0) is 0 Å². The van der Waals surface area contributed by atoms with E-state index >= 15 is 0 Å². The van der Waals surface area contributed by atoms with Crippen LogP contribution in [0, 0.1) is 0 Å². The van der Waals surface area contributed by atoms with E-state index in [0.717, 1.165) is 41.8 Å². The Balaban J connectivity index is 1.63. The van der Waals surface area contributed by atoms with E-state index in [9.17, 15) is 5.11 Å². The highest BCUT2D eigenvalue weighted by Crippen LogP contribution is 2.37. The van der Waals surface area contributed by atoms with Crippen LogP contribution < -0.4 is 4.90 Å². The van der Waals surface area contributed by atoms with Crippen LogP contribution in [0.25, 0.3) is 0 Å². The van der Waals surface area contributed by atoms with Crippen molar-refractivity contribution in [3.8, 4) is 5.75 Å². The van der Waals surface area contributed by atoms with Gasteiger partial charge in [-0.25, -0.2) is 0 Å². The van der Waals surface area contributed by atoms with Gasteiger partial charge in [-0.05, 0) is 48.0 Å². The summed E-state index contributed by atoms with van der Waals surface area (Å²) < 4.78 is 1.04. The van der Waals surface area contributed by atoms with Gasteiger partial charge in [0.05, 0.1) is 6.04 Å². The lowest BCUT2D eigenvalue weighted by Gasteiger charge is -2.40. The molecule has 1 atom stereocenters. The molecule has 3 aromatic rings. The molecule has 1 N–H and O–H groups in total. The van der Waals surface area contributed by atoms with Crippen molar-refractivity contribution in [1.29, 1.82) is 0 Å². The maximum atomic E-state index is 10.6. The van der Waals surface area contributed by atoms with Gasteiger partial charge in [0, 0.05) is 59.3 Å². The number of hydrogen-bond acceptors (Lipinski definition) is 4. The number of phenols is 1. The molecule has 1 aliphatic heterocycles. The zero-order valence-corrected chi connectivity index (χ0v) is 17.6. The Morgan fingerprint density at radius 1 is 0.929 bits per heavy atom. The Labute approximate surface area is 178 Å². The zero-order chi connectivity index (χ0) is 19.5. The van der Waals surface area contributed by atoms with E-state index in [1.165, 1.54) is 5.69 Å². The van der Waals surface area contributed by atoms with E-state index in [0.29, 0.717) is 5.02 Å². The minimum Gasteiger partial charge on any atom is -0.508 e. The van der Waals surface area contributed by atoms with Crippen LogP contribution in [0.3, 0.4) is 0 Å². The average Bonchev–Trinajstić information content (AvgIpc) is 2.73. The van der Waals surface area contributed by atoms with Crippen LogP contribution in [0.2, 0.25) is 5.02 Å². The molecule has 4 nitrogen and oxygen atoms in total. The Morgan fingerprint density at radius 2 is 1.61 bits per heavy atom. The van der Waals surface area contributed by atoms with Gasteiger partial charge in [-0.3, -0.25) is 9.88 Å². The molecule has 1 aliphatic rings. The summed E-state index contributed by atoms with van der Waals surface area (Å²) in [7, 11) is 0. The van der Waals surface area contributed by atoms with Gasteiger partial charge in [-0.2, -0.15) is 0 Å². The summed E-state index contributed by atoms with van der Waals surface area (Å²) in [6.07, 6.45) is 3.66. The van der Waals surface area contributed by atoms with Gasteiger partial charge >= 0.3 is 0 Å². The molecule has 1 unspecified atom stereocenters. The van der Waals surface area contributed by atoms with E-state index in [4.69, 9.17) is 11.6 Å². The Kier molecular flexibility index (Phi) is 5.85. The molecule has 0 radical (unpaired) electrons. The van der Waals surface area contributed by atoms with Crippen molar-refractivity contribution in [2.75, 3.05) is 31.1 Å². The molecule has 1 aromatic heterocycles. The minimum absolute atomic E-state index is 0.0496. The van der Waals surface area contributed by atoms with Crippen LogP contribution in [0.4, 0.5) is 5.69 Å². The predicted octanol–water partition coefficient (Wildman–Crippen LogP) is 5.11. The molecular formula is C22H21BrClN3O. The monoisotopic (exact) mass is 457 g/mol. The van der Waals surface area contributed by atoms with Gasteiger partial charge in [0.25, 0.3) is 0 Å². The summed E-state index contributed by atoms with van der Waals surface area (Å²) in [6, 6.07) is 17.6. The maximum Gasteiger partial charge on any atom is 0.120 e. The Morgan fingerprint density at radius 3 is 2.29 bits per heavy atom. The quantitative estimate of drug-likeness (QED) is 0.589. The molecule has 2 aromatic carbocycles. The van der Waals surface area contributed by atoms with Crippen molar-refractivity contribution in [1.82, 2.24) is 9.88 Å². The SMILES string of the molecule is Oc1ccc(Cl)cc1C(c1ccc(Br)cc1)N1CCN(c2ccncc2)CC1. The van der Waals surface area contributed by atoms with Gasteiger partial charge in [-0.1, -0.05) is 39.7 Å².